The summed E-state index contributed by atoms with van der Waals surface area (Å²) in [4.78, 5) is 0. The zero-order chi connectivity index (χ0) is 26.3. The highest BCUT2D eigenvalue weighted by Gasteiger charge is 2.16. The molecule has 1 rings (SSSR count). The fraction of sp³-hybridized carbons (Fsp3) is 1.00. The Hall–Kier alpha value is 0.177. The van der Waals surface area contributed by atoms with E-state index in [-0.39, 0.29) is 9.04 Å². The third kappa shape index (κ3) is 27.5. The first-order valence-corrected chi connectivity index (χ1v) is 19.7. The Morgan fingerprint density at radius 2 is 0.676 bits per heavy atom. The minimum absolute atomic E-state index is 0.378. The number of rotatable bonds is 30. The molecule has 0 saturated carbocycles. The molecule has 0 amide bonds. The highest BCUT2D eigenvalue weighted by atomic mass is 28.3. The van der Waals surface area contributed by atoms with Crippen molar-refractivity contribution < 1.29 is 4.43 Å². The lowest BCUT2D eigenvalue weighted by Crippen LogP contribution is -2.22. The Morgan fingerprint density at radius 3 is 0.946 bits per heavy atom. The van der Waals surface area contributed by atoms with E-state index in [1.807, 2.05) is 0 Å². The van der Waals surface area contributed by atoms with Crippen LogP contribution >= 0.6 is 0 Å². The molecule has 37 heavy (non-hydrogen) atoms. The third-order valence-electron chi connectivity index (χ3n) is 8.72. The van der Waals surface area contributed by atoms with Crippen molar-refractivity contribution in [2.45, 2.75) is 218 Å². The number of hydrogen-bond donors (Lipinski definition) is 0. The molecule has 0 atom stereocenters. The van der Waals surface area contributed by atoms with Crippen molar-refractivity contribution in [1.29, 1.82) is 0 Å². The Morgan fingerprint density at radius 1 is 0.378 bits per heavy atom. The maximum absolute atomic E-state index is 5.94. The quantitative estimate of drug-likeness (QED) is 0.0656. The average molecular weight is 536 g/mol. The van der Waals surface area contributed by atoms with Gasteiger partial charge < -0.3 is 4.43 Å². The molecule has 0 bridgehead atoms. The van der Waals surface area contributed by atoms with E-state index in [0.29, 0.717) is 0 Å². The molecular weight excluding hydrogens is 464 g/mol. The number of hydrogen-bond acceptors (Lipinski definition) is 1. The summed E-state index contributed by atoms with van der Waals surface area (Å²) >= 11 is 0. The normalized spacial score (nSPS) is 14.5. The number of unbranched alkanes of at least 4 members (excludes halogenated alkanes) is 28. The summed E-state index contributed by atoms with van der Waals surface area (Å²) in [7, 11) is -0.378. The second-order valence-corrected chi connectivity index (χ2v) is 14.9. The topological polar surface area (TPSA) is 9.23 Å². The summed E-state index contributed by atoms with van der Waals surface area (Å²) in [6, 6.07) is 2.84. The highest BCUT2D eigenvalue weighted by Crippen LogP contribution is 2.19. The van der Waals surface area contributed by atoms with Crippen LogP contribution in [-0.4, -0.2) is 15.6 Å². The van der Waals surface area contributed by atoms with Gasteiger partial charge in [0, 0.05) is 6.61 Å². The second-order valence-electron chi connectivity index (χ2n) is 12.5. The van der Waals surface area contributed by atoms with Crippen LogP contribution in [0.15, 0.2) is 0 Å². The van der Waals surface area contributed by atoms with Gasteiger partial charge in [-0.25, -0.2) is 0 Å². The van der Waals surface area contributed by atoms with Crippen LogP contribution in [0.3, 0.4) is 0 Å². The van der Waals surface area contributed by atoms with Gasteiger partial charge in [0.1, 0.15) is 0 Å². The summed E-state index contributed by atoms with van der Waals surface area (Å²) in [5.41, 5.74) is 0. The van der Waals surface area contributed by atoms with Crippen LogP contribution in [0.4, 0.5) is 0 Å². The predicted molar refractivity (Wildman–Crippen MR) is 170 cm³/mol. The molecule has 1 nitrogen and oxygen atoms in total. The lowest BCUT2D eigenvalue weighted by Gasteiger charge is -2.19. The molecule has 0 aromatic carbocycles. The van der Waals surface area contributed by atoms with Crippen molar-refractivity contribution in [2.24, 2.45) is 0 Å². The van der Waals surface area contributed by atoms with Crippen LogP contribution in [0.25, 0.3) is 0 Å². The lowest BCUT2D eigenvalue weighted by molar-refractivity contribution is 0.285. The van der Waals surface area contributed by atoms with Crippen LogP contribution in [0, 0.1) is 0 Å². The van der Waals surface area contributed by atoms with Crippen LogP contribution < -0.4 is 0 Å². The van der Waals surface area contributed by atoms with Crippen molar-refractivity contribution in [3.05, 3.63) is 0 Å². The molecule has 0 aromatic rings. The second kappa shape index (κ2) is 30.7. The lowest BCUT2D eigenvalue weighted by atomic mass is 10.0. The molecule has 1 aliphatic heterocycles. The molecule has 1 aliphatic rings. The van der Waals surface area contributed by atoms with E-state index in [1.54, 1.807) is 0 Å². The maximum atomic E-state index is 5.94. The van der Waals surface area contributed by atoms with Crippen molar-refractivity contribution in [3.63, 3.8) is 0 Å². The molecule has 1 saturated heterocycles. The van der Waals surface area contributed by atoms with Crippen molar-refractivity contribution in [1.82, 2.24) is 0 Å². The molecule has 221 valence electrons. The Kier molecular flexibility index (Phi) is 29.2. The SMILES string of the molecule is CCCCCCCCCCCCCCCCCCCCCCCCCCCCCCC[Si]1CCCCO1. The largest absolute Gasteiger partial charge is 0.417 e. The molecular formula is C35H71OSi. The van der Waals surface area contributed by atoms with Crippen LogP contribution in [0.5, 0.6) is 0 Å². The van der Waals surface area contributed by atoms with E-state index in [1.165, 1.54) is 211 Å². The summed E-state index contributed by atoms with van der Waals surface area (Å²) in [6.07, 6.45) is 45.6. The smallest absolute Gasteiger partial charge is 0.211 e. The summed E-state index contributed by atoms with van der Waals surface area (Å²) in [5.74, 6) is 0. The van der Waals surface area contributed by atoms with Gasteiger partial charge in [-0.1, -0.05) is 200 Å². The van der Waals surface area contributed by atoms with Gasteiger partial charge in [0.2, 0.25) is 9.04 Å². The Labute approximate surface area is 237 Å². The molecule has 0 spiro atoms. The summed E-state index contributed by atoms with van der Waals surface area (Å²) in [6.45, 7) is 3.37. The minimum Gasteiger partial charge on any atom is -0.417 e. The van der Waals surface area contributed by atoms with Crippen LogP contribution in [0.1, 0.15) is 206 Å². The van der Waals surface area contributed by atoms with Gasteiger partial charge in [-0.2, -0.15) is 0 Å². The summed E-state index contributed by atoms with van der Waals surface area (Å²) < 4.78 is 5.94. The average Bonchev–Trinajstić information content (AvgIpc) is 2.93. The monoisotopic (exact) mass is 536 g/mol. The predicted octanol–water partition coefficient (Wildman–Crippen LogP) is 13.1. The van der Waals surface area contributed by atoms with Crippen molar-refractivity contribution >= 4 is 9.04 Å². The van der Waals surface area contributed by atoms with Gasteiger partial charge in [-0.3, -0.25) is 0 Å². The molecule has 0 N–H and O–H groups in total. The fourth-order valence-corrected chi connectivity index (χ4v) is 8.34. The van der Waals surface area contributed by atoms with E-state index in [0.717, 1.165) is 6.61 Å². The van der Waals surface area contributed by atoms with Crippen LogP contribution in [-0.2, 0) is 4.43 Å². The van der Waals surface area contributed by atoms with Gasteiger partial charge in [-0.15, -0.1) is 0 Å². The van der Waals surface area contributed by atoms with E-state index < -0.39 is 0 Å². The van der Waals surface area contributed by atoms with Gasteiger partial charge in [0.05, 0.1) is 0 Å². The highest BCUT2D eigenvalue weighted by molar-refractivity contribution is 6.51. The third-order valence-corrected chi connectivity index (χ3v) is 11.2. The fourth-order valence-electron chi connectivity index (χ4n) is 6.08. The molecule has 1 heterocycles. The zero-order valence-electron chi connectivity index (χ0n) is 25.9. The Balaban J connectivity index is 1.61. The van der Waals surface area contributed by atoms with E-state index in [4.69, 9.17) is 4.43 Å². The van der Waals surface area contributed by atoms with Gasteiger partial charge in [-0.05, 0) is 18.5 Å². The molecule has 0 aromatic heterocycles. The molecule has 0 aliphatic carbocycles. The zero-order valence-corrected chi connectivity index (χ0v) is 26.9. The first-order valence-electron chi connectivity index (χ1n) is 17.9. The standard InChI is InChI=1S/C35H71OSi/c1-2-3-4-5-6-7-8-9-10-11-12-13-14-15-16-17-18-19-20-21-22-23-24-25-26-27-28-29-31-34-37-35-32-30-33-36-37/h2-35H2,1H3. The molecule has 2 heteroatoms. The van der Waals surface area contributed by atoms with Gasteiger partial charge in [0.15, 0.2) is 0 Å². The van der Waals surface area contributed by atoms with E-state index >= 15 is 0 Å². The summed E-state index contributed by atoms with van der Waals surface area (Å²) in [5, 5.41) is 0. The molecule has 1 fully saturated rings. The first kappa shape index (κ1) is 35.2. The van der Waals surface area contributed by atoms with Crippen molar-refractivity contribution in [3.8, 4) is 0 Å². The van der Waals surface area contributed by atoms with E-state index in [9.17, 15) is 0 Å². The van der Waals surface area contributed by atoms with E-state index in [2.05, 4.69) is 6.92 Å². The van der Waals surface area contributed by atoms with Crippen LogP contribution in [0.2, 0.25) is 12.1 Å². The molecule has 0 unspecified atom stereocenters. The molecule has 1 radical (unpaired) electrons. The first-order chi connectivity index (χ1) is 18.4. The minimum atomic E-state index is -0.378. The maximum Gasteiger partial charge on any atom is 0.211 e. The van der Waals surface area contributed by atoms with Gasteiger partial charge >= 0.3 is 0 Å². The Bertz CT molecular complexity index is 406. The van der Waals surface area contributed by atoms with Crippen molar-refractivity contribution in [2.75, 3.05) is 6.61 Å². The van der Waals surface area contributed by atoms with Gasteiger partial charge in [0.25, 0.3) is 0 Å².